The van der Waals surface area contributed by atoms with E-state index in [1.54, 1.807) is 0 Å². The van der Waals surface area contributed by atoms with Crippen molar-refractivity contribution in [1.82, 2.24) is 15.0 Å². The zero-order chi connectivity index (χ0) is 37.3. The third-order valence-corrected chi connectivity index (χ3v) is 11.8. The van der Waals surface area contributed by atoms with E-state index in [0.717, 1.165) is 33.4 Å². The Morgan fingerprint density at radius 1 is 0.286 bits per heavy atom. The van der Waals surface area contributed by atoms with Crippen LogP contribution in [0.3, 0.4) is 0 Å². The molecule has 0 saturated heterocycles. The van der Waals surface area contributed by atoms with Crippen molar-refractivity contribution in [2.75, 3.05) is 0 Å². The van der Waals surface area contributed by atoms with Crippen molar-refractivity contribution in [3.8, 4) is 56.4 Å². The Balaban J connectivity index is 1.04. The van der Waals surface area contributed by atoms with Crippen LogP contribution in [0.4, 0.5) is 0 Å². The van der Waals surface area contributed by atoms with Crippen LogP contribution >= 0.6 is 11.8 Å². The van der Waals surface area contributed by atoms with Gasteiger partial charge < -0.3 is 0 Å². The Hall–Kier alpha value is -6.88. The third-order valence-electron chi connectivity index (χ3n) is 10.7. The highest BCUT2D eigenvalue weighted by Crippen LogP contribution is 2.56. The molecule has 1 aromatic heterocycles. The van der Waals surface area contributed by atoms with Crippen LogP contribution in [0.5, 0.6) is 0 Å². The molecule has 9 aromatic rings. The smallest absolute Gasteiger partial charge is 0.164 e. The normalized spacial score (nSPS) is 12.7. The average molecular weight is 734 g/mol. The van der Waals surface area contributed by atoms with Crippen molar-refractivity contribution < 1.29 is 0 Å². The van der Waals surface area contributed by atoms with E-state index in [0.29, 0.717) is 17.5 Å². The lowest BCUT2D eigenvalue weighted by Crippen LogP contribution is -2.34. The molecular formula is C52H35N3S. The Kier molecular flexibility index (Phi) is 8.66. The van der Waals surface area contributed by atoms with Gasteiger partial charge in [0.1, 0.15) is 0 Å². The van der Waals surface area contributed by atoms with Crippen LogP contribution in [0.15, 0.2) is 222 Å². The minimum Gasteiger partial charge on any atom is -0.208 e. The number of benzene rings is 8. The molecule has 0 aliphatic carbocycles. The molecule has 0 bridgehead atoms. The first-order chi connectivity index (χ1) is 27.7. The molecule has 0 unspecified atom stereocenters. The van der Waals surface area contributed by atoms with Gasteiger partial charge in [-0.25, -0.2) is 15.0 Å². The summed E-state index contributed by atoms with van der Waals surface area (Å²) in [4.78, 5) is 17.5. The second-order valence-corrected chi connectivity index (χ2v) is 15.1. The quantitative estimate of drug-likeness (QED) is 0.163. The molecule has 0 radical (unpaired) electrons. The van der Waals surface area contributed by atoms with Gasteiger partial charge in [0.15, 0.2) is 17.5 Å². The van der Waals surface area contributed by atoms with Gasteiger partial charge in [0.05, 0.1) is 5.41 Å². The highest BCUT2D eigenvalue weighted by Gasteiger charge is 2.44. The number of hydrogen-bond acceptors (Lipinski definition) is 4. The summed E-state index contributed by atoms with van der Waals surface area (Å²) in [5, 5.41) is 0. The van der Waals surface area contributed by atoms with Gasteiger partial charge in [0.25, 0.3) is 0 Å². The van der Waals surface area contributed by atoms with Crippen molar-refractivity contribution >= 4 is 11.8 Å². The molecule has 1 aliphatic heterocycles. The number of hydrogen-bond donors (Lipinski definition) is 0. The molecule has 0 atom stereocenters. The first-order valence-corrected chi connectivity index (χ1v) is 19.7. The molecule has 0 saturated carbocycles. The summed E-state index contributed by atoms with van der Waals surface area (Å²) >= 11 is 1.85. The fourth-order valence-corrected chi connectivity index (χ4v) is 9.23. The van der Waals surface area contributed by atoms with E-state index < -0.39 is 5.41 Å². The first kappa shape index (κ1) is 33.7. The Morgan fingerprint density at radius 3 is 1.18 bits per heavy atom. The molecule has 8 aromatic carbocycles. The molecule has 264 valence electrons. The van der Waals surface area contributed by atoms with Crippen LogP contribution in [-0.2, 0) is 5.41 Å². The molecule has 56 heavy (non-hydrogen) atoms. The van der Waals surface area contributed by atoms with E-state index in [1.165, 1.54) is 37.6 Å². The van der Waals surface area contributed by atoms with E-state index in [9.17, 15) is 0 Å². The van der Waals surface area contributed by atoms with Gasteiger partial charge in [0, 0.05) is 26.5 Å². The molecule has 0 fully saturated rings. The fraction of sp³-hybridized carbons (Fsp3) is 0.0192. The molecule has 0 N–H and O–H groups in total. The van der Waals surface area contributed by atoms with Crippen molar-refractivity contribution in [1.29, 1.82) is 0 Å². The topological polar surface area (TPSA) is 38.7 Å². The first-order valence-electron chi connectivity index (χ1n) is 18.9. The summed E-state index contributed by atoms with van der Waals surface area (Å²) in [6.45, 7) is 0. The predicted octanol–water partition coefficient (Wildman–Crippen LogP) is 13.1. The van der Waals surface area contributed by atoms with Gasteiger partial charge in [-0.3, -0.25) is 0 Å². The summed E-state index contributed by atoms with van der Waals surface area (Å²) in [6.07, 6.45) is 0. The highest BCUT2D eigenvalue weighted by atomic mass is 32.2. The van der Waals surface area contributed by atoms with Crippen LogP contribution in [0.2, 0.25) is 0 Å². The third kappa shape index (κ3) is 6.01. The molecule has 4 heteroatoms. The van der Waals surface area contributed by atoms with E-state index >= 15 is 0 Å². The average Bonchev–Trinajstić information content (AvgIpc) is 3.29. The summed E-state index contributed by atoms with van der Waals surface area (Å²) in [5.74, 6) is 1.93. The molecule has 10 rings (SSSR count). The van der Waals surface area contributed by atoms with Gasteiger partial charge in [-0.05, 0) is 56.6 Å². The summed E-state index contributed by atoms with van der Waals surface area (Å²) in [5.41, 5.74) is 12.1. The molecule has 2 heterocycles. The Bertz CT molecular complexity index is 2750. The SMILES string of the molecule is c1ccc(-c2ccc(-c3nc(-c4ccccc4)nc(-c4ccc(-c5ccc6c(c5)Sc5ccccc5C6(c5ccccc5)c5ccccc5)cc4)n3)cc2)cc1. The Morgan fingerprint density at radius 2 is 0.643 bits per heavy atom. The number of nitrogens with zero attached hydrogens (tertiary/aromatic N) is 3. The zero-order valence-corrected chi connectivity index (χ0v) is 31.3. The van der Waals surface area contributed by atoms with E-state index in [-0.39, 0.29) is 0 Å². The Labute approximate surface area is 331 Å². The van der Waals surface area contributed by atoms with Gasteiger partial charge >= 0.3 is 0 Å². The lowest BCUT2D eigenvalue weighted by molar-refractivity contribution is 0.703. The molecule has 3 nitrogen and oxygen atoms in total. The number of fused-ring (bicyclic) bond motifs is 2. The van der Waals surface area contributed by atoms with E-state index in [1.807, 2.05) is 48.2 Å². The highest BCUT2D eigenvalue weighted by molar-refractivity contribution is 7.99. The second-order valence-electron chi connectivity index (χ2n) is 14.0. The van der Waals surface area contributed by atoms with Gasteiger partial charge in [-0.1, -0.05) is 212 Å². The van der Waals surface area contributed by atoms with Gasteiger partial charge in [0.2, 0.25) is 0 Å². The fourth-order valence-electron chi connectivity index (χ4n) is 7.99. The minimum atomic E-state index is -0.448. The molecule has 0 spiro atoms. The van der Waals surface area contributed by atoms with Crippen LogP contribution in [0, 0.1) is 0 Å². The van der Waals surface area contributed by atoms with Crippen LogP contribution < -0.4 is 0 Å². The summed E-state index contributed by atoms with van der Waals surface area (Å²) in [6, 6.07) is 75.3. The standard InChI is InChI=1S/C52H35N3S/c1-5-15-36(16-6-1)37-25-29-40(30-26-37)50-53-49(39-17-7-2-8-18-39)54-51(55-50)41-31-27-38(28-32-41)42-33-34-46-48(35-42)56-47-24-14-13-23-45(47)52(46,43-19-9-3-10-20-43)44-21-11-4-12-22-44/h1-35H. The molecular weight excluding hydrogens is 699 g/mol. The van der Waals surface area contributed by atoms with Crippen molar-refractivity contribution in [2.24, 2.45) is 0 Å². The number of aromatic nitrogens is 3. The predicted molar refractivity (Wildman–Crippen MR) is 229 cm³/mol. The summed E-state index contributed by atoms with van der Waals surface area (Å²) in [7, 11) is 0. The summed E-state index contributed by atoms with van der Waals surface area (Å²) < 4.78 is 0. The maximum Gasteiger partial charge on any atom is 0.164 e. The maximum atomic E-state index is 5.03. The molecule has 1 aliphatic rings. The monoisotopic (exact) mass is 733 g/mol. The lowest BCUT2D eigenvalue weighted by atomic mass is 9.64. The number of rotatable bonds is 7. The maximum absolute atomic E-state index is 5.03. The van der Waals surface area contributed by atoms with E-state index in [4.69, 9.17) is 15.0 Å². The zero-order valence-electron chi connectivity index (χ0n) is 30.5. The lowest BCUT2D eigenvalue weighted by Gasteiger charge is -2.42. The molecule has 0 amide bonds. The second kappa shape index (κ2) is 14.4. The largest absolute Gasteiger partial charge is 0.208 e. The van der Waals surface area contributed by atoms with Crippen molar-refractivity contribution in [2.45, 2.75) is 15.2 Å². The van der Waals surface area contributed by atoms with Crippen molar-refractivity contribution in [3.05, 3.63) is 235 Å². The van der Waals surface area contributed by atoms with E-state index in [2.05, 4.69) is 176 Å². The van der Waals surface area contributed by atoms with Crippen molar-refractivity contribution in [3.63, 3.8) is 0 Å². The minimum absolute atomic E-state index is 0.448. The van der Waals surface area contributed by atoms with Crippen LogP contribution in [0.1, 0.15) is 22.3 Å². The van der Waals surface area contributed by atoms with Crippen LogP contribution in [0.25, 0.3) is 56.4 Å². The van der Waals surface area contributed by atoms with Gasteiger partial charge in [-0.2, -0.15) is 0 Å². The van der Waals surface area contributed by atoms with Crippen LogP contribution in [-0.4, -0.2) is 15.0 Å². The van der Waals surface area contributed by atoms with Gasteiger partial charge in [-0.15, -0.1) is 0 Å².